The molecule has 10 heteroatoms. The number of aryl methyl sites for hydroxylation is 1. The Morgan fingerprint density at radius 3 is 2.34 bits per heavy atom. The molecule has 1 aromatic carbocycles. The Kier molecular flexibility index (Phi) is 8.85. The molecule has 5 amide bonds. The van der Waals surface area contributed by atoms with Crippen molar-refractivity contribution in [2.75, 3.05) is 20.1 Å². The number of benzene rings is 1. The van der Waals surface area contributed by atoms with Crippen LogP contribution in [0.2, 0.25) is 0 Å². The molecular weight excluding hydrogens is 450 g/mol. The van der Waals surface area contributed by atoms with E-state index in [0.717, 1.165) is 17.0 Å². The Hall–Kier alpha value is -2.98. The normalized spacial score (nSPS) is 19.5. The van der Waals surface area contributed by atoms with Gasteiger partial charge in [0, 0.05) is 13.1 Å². The number of nitrogens with zero attached hydrogens (tertiary/aromatic N) is 2. The summed E-state index contributed by atoms with van der Waals surface area (Å²) in [6.45, 7) is 5.17. The van der Waals surface area contributed by atoms with Gasteiger partial charge in [-0.3, -0.25) is 25.0 Å². The van der Waals surface area contributed by atoms with Gasteiger partial charge in [0.25, 0.3) is 5.91 Å². The van der Waals surface area contributed by atoms with Crippen molar-refractivity contribution < 1.29 is 24.4 Å². The SMILES string of the molecule is CC(C)CC(C(=O)NN1C(=O)NC2(CCN(C)CC2)C1=O)[C@@H](CCCc1ccccc1)C(=O)NO. The van der Waals surface area contributed by atoms with Gasteiger partial charge in [-0.15, -0.1) is 0 Å². The van der Waals surface area contributed by atoms with Crippen molar-refractivity contribution >= 4 is 23.8 Å². The lowest BCUT2D eigenvalue weighted by Gasteiger charge is -2.35. The van der Waals surface area contributed by atoms with Crippen LogP contribution in [0.5, 0.6) is 0 Å². The first kappa shape index (κ1) is 26.6. The molecule has 35 heavy (non-hydrogen) atoms. The standard InChI is InChI=1S/C25H37N5O5/c1-17(2)16-20(19(22(32)28-35)11-7-10-18-8-5-4-6-9-18)21(31)27-30-23(33)25(26-24(30)34)12-14-29(3)15-13-25/h4-6,8-9,17,19-20,35H,7,10-16H2,1-3H3,(H,26,34)(H,27,31)(H,28,32)/t19-,20?/m1/s1. The van der Waals surface area contributed by atoms with Gasteiger partial charge in [0.1, 0.15) is 5.54 Å². The lowest BCUT2D eigenvalue weighted by molar-refractivity contribution is -0.146. The molecule has 0 aliphatic carbocycles. The molecule has 192 valence electrons. The number of urea groups is 1. The maximum Gasteiger partial charge on any atom is 0.344 e. The first-order chi connectivity index (χ1) is 16.7. The monoisotopic (exact) mass is 487 g/mol. The van der Waals surface area contributed by atoms with Crippen LogP contribution in [0.25, 0.3) is 0 Å². The summed E-state index contributed by atoms with van der Waals surface area (Å²) in [5, 5.41) is 12.9. The number of piperidine rings is 1. The Morgan fingerprint density at radius 2 is 1.74 bits per heavy atom. The van der Waals surface area contributed by atoms with E-state index in [9.17, 15) is 24.4 Å². The van der Waals surface area contributed by atoms with E-state index in [0.29, 0.717) is 45.2 Å². The molecule has 1 unspecified atom stereocenters. The Bertz CT molecular complexity index is 914. The van der Waals surface area contributed by atoms with Crippen molar-refractivity contribution in [3.05, 3.63) is 35.9 Å². The topological polar surface area (TPSA) is 131 Å². The van der Waals surface area contributed by atoms with Gasteiger partial charge >= 0.3 is 6.03 Å². The Labute approximate surface area is 206 Å². The third-order valence-electron chi connectivity index (χ3n) is 7.04. The average molecular weight is 488 g/mol. The molecular formula is C25H37N5O5. The van der Waals surface area contributed by atoms with Gasteiger partial charge in [0.05, 0.1) is 11.8 Å². The third kappa shape index (κ3) is 6.37. The number of rotatable bonds is 10. The molecule has 2 heterocycles. The number of hydrogen-bond donors (Lipinski definition) is 4. The third-order valence-corrected chi connectivity index (χ3v) is 7.04. The largest absolute Gasteiger partial charge is 0.344 e. The highest BCUT2D eigenvalue weighted by Gasteiger charge is 2.53. The summed E-state index contributed by atoms with van der Waals surface area (Å²) in [4.78, 5) is 53.9. The van der Waals surface area contributed by atoms with E-state index in [1.54, 1.807) is 5.48 Å². The molecule has 0 saturated carbocycles. The van der Waals surface area contributed by atoms with E-state index >= 15 is 0 Å². The van der Waals surface area contributed by atoms with Crippen LogP contribution in [0.3, 0.4) is 0 Å². The van der Waals surface area contributed by atoms with E-state index in [1.165, 1.54) is 0 Å². The fraction of sp³-hybridized carbons (Fsp3) is 0.600. The number of amides is 5. The van der Waals surface area contributed by atoms with Crippen molar-refractivity contribution in [1.29, 1.82) is 0 Å². The molecule has 2 fully saturated rings. The number of likely N-dealkylation sites (tertiary alicyclic amines) is 1. The maximum absolute atomic E-state index is 13.4. The maximum atomic E-state index is 13.4. The smallest absolute Gasteiger partial charge is 0.321 e. The van der Waals surface area contributed by atoms with Crippen LogP contribution in [0, 0.1) is 17.8 Å². The van der Waals surface area contributed by atoms with Gasteiger partial charge in [-0.2, -0.15) is 5.01 Å². The molecule has 1 spiro atoms. The van der Waals surface area contributed by atoms with Crippen LogP contribution >= 0.6 is 0 Å². The molecule has 2 atom stereocenters. The average Bonchev–Trinajstić information content (AvgIpc) is 3.06. The predicted molar refractivity (Wildman–Crippen MR) is 129 cm³/mol. The fourth-order valence-corrected chi connectivity index (χ4v) is 4.98. The van der Waals surface area contributed by atoms with Gasteiger partial charge in [-0.1, -0.05) is 44.2 Å². The number of hydrazine groups is 1. The van der Waals surface area contributed by atoms with Crippen LogP contribution in [0.15, 0.2) is 30.3 Å². The van der Waals surface area contributed by atoms with Gasteiger partial charge in [-0.25, -0.2) is 10.3 Å². The number of imide groups is 1. The summed E-state index contributed by atoms with van der Waals surface area (Å²) in [5.41, 5.74) is 4.29. The van der Waals surface area contributed by atoms with E-state index < -0.39 is 41.1 Å². The van der Waals surface area contributed by atoms with Gasteiger partial charge in [0.15, 0.2) is 0 Å². The second-order valence-electron chi connectivity index (χ2n) is 10.1. The van der Waals surface area contributed by atoms with Gasteiger partial charge < -0.3 is 10.2 Å². The molecule has 0 aromatic heterocycles. The van der Waals surface area contributed by atoms with Gasteiger partial charge in [-0.05, 0) is 57.1 Å². The van der Waals surface area contributed by atoms with Crippen LogP contribution in [-0.2, 0) is 20.8 Å². The number of nitrogens with one attached hydrogen (secondary N) is 3. The van der Waals surface area contributed by atoms with E-state index in [2.05, 4.69) is 15.6 Å². The lowest BCUT2D eigenvalue weighted by Crippen LogP contribution is -2.56. The van der Waals surface area contributed by atoms with Crippen LogP contribution in [0.1, 0.15) is 51.5 Å². The summed E-state index contributed by atoms with van der Waals surface area (Å²) in [6, 6.07) is 9.14. The van der Waals surface area contributed by atoms with Crippen molar-refractivity contribution in [2.45, 2.75) is 57.9 Å². The van der Waals surface area contributed by atoms with Crippen LogP contribution in [0.4, 0.5) is 4.79 Å². The number of carbonyl (C=O) groups is 4. The zero-order chi connectivity index (χ0) is 25.6. The lowest BCUT2D eigenvalue weighted by atomic mass is 9.81. The molecule has 2 aliphatic heterocycles. The minimum atomic E-state index is -1.01. The molecule has 0 radical (unpaired) electrons. The Morgan fingerprint density at radius 1 is 1.09 bits per heavy atom. The van der Waals surface area contributed by atoms with Crippen molar-refractivity contribution in [2.24, 2.45) is 17.8 Å². The van der Waals surface area contributed by atoms with Crippen LogP contribution < -0.4 is 16.2 Å². The summed E-state index contributed by atoms with van der Waals surface area (Å²) >= 11 is 0. The Balaban J connectivity index is 1.73. The number of hydrogen-bond acceptors (Lipinski definition) is 6. The summed E-state index contributed by atoms with van der Waals surface area (Å²) in [5.74, 6) is -3.28. The van der Waals surface area contributed by atoms with E-state index in [4.69, 9.17) is 0 Å². The van der Waals surface area contributed by atoms with Gasteiger partial charge in [0.2, 0.25) is 11.8 Å². The summed E-state index contributed by atoms with van der Waals surface area (Å²) in [6.07, 6.45) is 2.99. The second-order valence-corrected chi connectivity index (χ2v) is 10.1. The summed E-state index contributed by atoms with van der Waals surface area (Å²) in [7, 11) is 1.95. The minimum Gasteiger partial charge on any atom is -0.321 e. The molecule has 4 N–H and O–H groups in total. The fourth-order valence-electron chi connectivity index (χ4n) is 4.98. The summed E-state index contributed by atoms with van der Waals surface area (Å²) < 4.78 is 0. The van der Waals surface area contributed by atoms with E-state index in [-0.39, 0.29) is 5.92 Å². The predicted octanol–water partition coefficient (Wildman–Crippen LogP) is 1.84. The second kappa shape index (κ2) is 11.6. The highest BCUT2D eigenvalue weighted by Crippen LogP contribution is 2.30. The first-order valence-corrected chi connectivity index (χ1v) is 12.3. The molecule has 10 nitrogen and oxygen atoms in total. The van der Waals surface area contributed by atoms with Crippen molar-refractivity contribution in [3.8, 4) is 0 Å². The zero-order valence-electron chi connectivity index (χ0n) is 20.8. The number of hydroxylamine groups is 1. The first-order valence-electron chi connectivity index (χ1n) is 12.3. The molecule has 3 rings (SSSR count). The van der Waals surface area contributed by atoms with E-state index in [1.807, 2.05) is 51.2 Å². The van der Waals surface area contributed by atoms with Crippen LogP contribution in [-0.4, -0.2) is 64.5 Å². The zero-order valence-corrected chi connectivity index (χ0v) is 20.8. The van der Waals surface area contributed by atoms with Crippen molar-refractivity contribution in [3.63, 3.8) is 0 Å². The number of carbonyl (C=O) groups excluding carboxylic acids is 4. The van der Waals surface area contributed by atoms with Crippen molar-refractivity contribution in [1.82, 2.24) is 26.1 Å². The highest BCUT2D eigenvalue weighted by atomic mass is 16.5. The quantitative estimate of drug-likeness (QED) is 0.226. The molecule has 1 aromatic rings. The molecule has 2 aliphatic rings. The highest BCUT2D eigenvalue weighted by molar-refractivity contribution is 6.08. The molecule has 0 bridgehead atoms. The molecule has 2 saturated heterocycles. The minimum absolute atomic E-state index is 0.0668.